The summed E-state index contributed by atoms with van der Waals surface area (Å²) in [5.74, 6) is -0.0775. The highest BCUT2D eigenvalue weighted by molar-refractivity contribution is 5.76. The number of hydrogen-bond donors (Lipinski definition) is 1. The molecule has 1 aromatic carbocycles. The second-order valence-corrected chi connectivity index (χ2v) is 4.36. The summed E-state index contributed by atoms with van der Waals surface area (Å²) < 4.78 is 14.9. The second kappa shape index (κ2) is 4.73. The summed E-state index contributed by atoms with van der Waals surface area (Å²) >= 11 is 0. The van der Waals surface area contributed by atoms with Gasteiger partial charge in [-0.05, 0) is 30.3 Å². The first-order chi connectivity index (χ1) is 9.65. The first-order valence-electron chi connectivity index (χ1n) is 6.01. The summed E-state index contributed by atoms with van der Waals surface area (Å²) in [5.41, 5.74) is 8.66. The lowest BCUT2D eigenvalue weighted by Crippen LogP contribution is -1.99. The quantitative estimate of drug-likeness (QED) is 0.774. The Hall–Kier alpha value is -2.76. The Morgan fingerprint density at radius 1 is 1.10 bits per heavy atom. The van der Waals surface area contributed by atoms with Crippen LogP contribution in [0.5, 0.6) is 0 Å². The highest BCUT2D eigenvalue weighted by Gasteiger charge is 2.14. The average Bonchev–Trinajstić information content (AvgIpc) is 2.81. The fourth-order valence-corrected chi connectivity index (χ4v) is 2.06. The zero-order chi connectivity index (χ0) is 14.1. The van der Waals surface area contributed by atoms with Gasteiger partial charge in [-0.2, -0.15) is 0 Å². The largest absolute Gasteiger partial charge is 0.368 e. The van der Waals surface area contributed by atoms with E-state index in [1.165, 1.54) is 12.1 Å². The molecule has 3 aromatic rings. The number of aryl methyl sites for hydroxylation is 1. The third-order valence-corrected chi connectivity index (χ3v) is 2.97. The van der Waals surface area contributed by atoms with Crippen LogP contribution in [-0.2, 0) is 7.05 Å². The monoisotopic (exact) mass is 269 g/mol. The number of nitrogens with zero attached hydrogens (tertiary/aromatic N) is 4. The van der Waals surface area contributed by atoms with Crippen molar-refractivity contribution in [1.82, 2.24) is 19.5 Å². The lowest BCUT2D eigenvalue weighted by molar-refractivity contribution is 0.628. The zero-order valence-corrected chi connectivity index (χ0v) is 10.8. The summed E-state index contributed by atoms with van der Waals surface area (Å²) in [6.45, 7) is 0. The maximum absolute atomic E-state index is 13.0. The Kier molecular flexibility index (Phi) is 2.90. The van der Waals surface area contributed by atoms with Crippen molar-refractivity contribution in [3.05, 3.63) is 48.7 Å². The van der Waals surface area contributed by atoms with Crippen molar-refractivity contribution in [1.29, 1.82) is 0 Å². The molecular formula is C14H12FN5. The predicted octanol–water partition coefficient (Wildman–Crippen LogP) is 2.27. The SMILES string of the molecule is Cn1cnc(-c2ccc(F)cc2)c1-c1ccnc(N)n1. The molecule has 0 aliphatic rings. The van der Waals surface area contributed by atoms with E-state index < -0.39 is 0 Å². The third-order valence-electron chi connectivity index (χ3n) is 2.97. The number of nitrogens with two attached hydrogens (primary N) is 1. The normalized spacial score (nSPS) is 10.7. The van der Waals surface area contributed by atoms with E-state index in [1.807, 2.05) is 11.6 Å². The fourth-order valence-electron chi connectivity index (χ4n) is 2.06. The summed E-state index contributed by atoms with van der Waals surface area (Å²) in [4.78, 5) is 12.5. The molecule has 20 heavy (non-hydrogen) atoms. The molecule has 5 nitrogen and oxygen atoms in total. The molecule has 100 valence electrons. The van der Waals surface area contributed by atoms with Gasteiger partial charge in [-0.15, -0.1) is 0 Å². The van der Waals surface area contributed by atoms with Crippen molar-refractivity contribution in [3.8, 4) is 22.6 Å². The van der Waals surface area contributed by atoms with Crippen LogP contribution in [0.2, 0.25) is 0 Å². The Morgan fingerprint density at radius 2 is 1.85 bits per heavy atom. The molecule has 0 saturated heterocycles. The van der Waals surface area contributed by atoms with Gasteiger partial charge in [0.15, 0.2) is 0 Å². The fraction of sp³-hybridized carbons (Fsp3) is 0.0714. The van der Waals surface area contributed by atoms with Crippen molar-refractivity contribution in [3.63, 3.8) is 0 Å². The van der Waals surface area contributed by atoms with Gasteiger partial charge in [-0.25, -0.2) is 19.3 Å². The minimum absolute atomic E-state index is 0.203. The molecule has 0 bridgehead atoms. The molecule has 2 aromatic heterocycles. The molecule has 2 N–H and O–H groups in total. The van der Waals surface area contributed by atoms with E-state index in [0.29, 0.717) is 5.69 Å². The Morgan fingerprint density at radius 3 is 2.55 bits per heavy atom. The molecular weight excluding hydrogens is 257 g/mol. The standard InChI is InChI=1S/C14H12FN5/c1-20-8-18-12(9-2-4-10(15)5-3-9)13(20)11-6-7-17-14(16)19-11/h2-8H,1H3,(H2,16,17,19). The lowest BCUT2D eigenvalue weighted by Gasteiger charge is -2.06. The molecule has 0 aliphatic heterocycles. The van der Waals surface area contributed by atoms with Crippen molar-refractivity contribution >= 4 is 5.95 Å². The summed E-state index contributed by atoms with van der Waals surface area (Å²) in [6.07, 6.45) is 3.28. The molecule has 0 spiro atoms. The summed E-state index contributed by atoms with van der Waals surface area (Å²) in [7, 11) is 1.87. The molecule has 6 heteroatoms. The maximum Gasteiger partial charge on any atom is 0.220 e. The van der Waals surface area contributed by atoms with E-state index in [2.05, 4.69) is 15.0 Å². The van der Waals surface area contributed by atoms with Crippen LogP contribution >= 0.6 is 0 Å². The van der Waals surface area contributed by atoms with Gasteiger partial charge in [0.1, 0.15) is 5.82 Å². The highest BCUT2D eigenvalue weighted by atomic mass is 19.1. The smallest absolute Gasteiger partial charge is 0.220 e. The van der Waals surface area contributed by atoms with Crippen LogP contribution in [0.15, 0.2) is 42.9 Å². The van der Waals surface area contributed by atoms with E-state index in [1.54, 1.807) is 30.7 Å². The molecule has 0 atom stereocenters. The third kappa shape index (κ3) is 2.11. The van der Waals surface area contributed by atoms with Gasteiger partial charge >= 0.3 is 0 Å². The Balaban J connectivity index is 2.17. The van der Waals surface area contributed by atoms with E-state index in [0.717, 1.165) is 17.0 Å². The van der Waals surface area contributed by atoms with Gasteiger partial charge in [0.2, 0.25) is 5.95 Å². The number of nitrogen functional groups attached to an aromatic ring is 1. The van der Waals surface area contributed by atoms with Gasteiger partial charge in [0.05, 0.1) is 23.4 Å². The molecule has 0 amide bonds. The molecule has 0 fully saturated rings. The number of anilines is 1. The minimum atomic E-state index is -0.280. The lowest BCUT2D eigenvalue weighted by atomic mass is 10.1. The first kappa shape index (κ1) is 12.3. The Labute approximate surface area is 114 Å². The molecule has 0 aliphatic carbocycles. The van der Waals surface area contributed by atoms with Crippen LogP contribution in [0.1, 0.15) is 0 Å². The van der Waals surface area contributed by atoms with E-state index in [9.17, 15) is 4.39 Å². The topological polar surface area (TPSA) is 69.6 Å². The van der Waals surface area contributed by atoms with Crippen molar-refractivity contribution < 1.29 is 4.39 Å². The van der Waals surface area contributed by atoms with E-state index in [4.69, 9.17) is 5.73 Å². The number of imidazole rings is 1. The van der Waals surface area contributed by atoms with Gasteiger partial charge in [0, 0.05) is 18.8 Å². The van der Waals surface area contributed by atoms with Gasteiger partial charge < -0.3 is 10.3 Å². The molecule has 0 radical (unpaired) electrons. The van der Waals surface area contributed by atoms with E-state index >= 15 is 0 Å². The van der Waals surface area contributed by atoms with Gasteiger partial charge in [-0.1, -0.05) is 0 Å². The molecule has 3 rings (SSSR count). The van der Waals surface area contributed by atoms with Crippen molar-refractivity contribution in [2.45, 2.75) is 0 Å². The number of hydrogen-bond acceptors (Lipinski definition) is 4. The van der Waals surface area contributed by atoms with Crippen molar-refractivity contribution in [2.75, 3.05) is 5.73 Å². The number of halogens is 1. The van der Waals surface area contributed by atoms with E-state index in [-0.39, 0.29) is 11.8 Å². The number of aromatic nitrogens is 4. The average molecular weight is 269 g/mol. The van der Waals surface area contributed by atoms with Crippen molar-refractivity contribution in [2.24, 2.45) is 7.05 Å². The second-order valence-electron chi connectivity index (χ2n) is 4.36. The van der Waals surface area contributed by atoms with Crippen LogP contribution in [0.4, 0.5) is 10.3 Å². The molecule has 0 unspecified atom stereocenters. The van der Waals surface area contributed by atoms with Crippen LogP contribution < -0.4 is 5.73 Å². The predicted molar refractivity (Wildman–Crippen MR) is 74.0 cm³/mol. The summed E-state index contributed by atoms with van der Waals surface area (Å²) in [6, 6.07) is 7.95. The first-order valence-corrected chi connectivity index (χ1v) is 6.01. The minimum Gasteiger partial charge on any atom is -0.368 e. The Bertz CT molecular complexity index is 749. The van der Waals surface area contributed by atoms with Crippen LogP contribution in [0.3, 0.4) is 0 Å². The van der Waals surface area contributed by atoms with Gasteiger partial charge in [-0.3, -0.25) is 0 Å². The maximum atomic E-state index is 13.0. The molecule has 0 saturated carbocycles. The highest BCUT2D eigenvalue weighted by Crippen LogP contribution is 2.29. The van der Waals surface area contributed by atoms with Crippen LogP contribution in [-0.4, -0.2) is 19.5 Å². The molecule has 2 heterocycles. The number of benzene rings is 1. The van der Waals surface area contributed by atoms with Crippen LogP contribution in [0.25, 0.3) is 22.6 Å². The zero-order valence-electron chi connectivity index (χ0n) is 10.8. The summed E-state index contributed by atoms with van der Waals surface area (Å²) in [5, 5.41) is 0. The van der Waals surface area contributed by atoms with Crippen LogP contribution in [0, 0.1) is 5.82 Å². The van der Waals surface area contributed by atoms with Gasteiger partial charge in [0.25, 0.3) is 0 Å². The number of rotatable bonds is 2.